The molecule has 0 bridgehead atoms. The quantitative estimate of drug-likeness (QED) is 0.683. The Bertz CT molecular complexity index is 651. The van der Waals surface area contributed by atoms with Gasteiger partial charge in [0.05, 0.1) is 11.8 Å². The van der Waals surface area contributed by atoms with Gasteiger partial charge >= 0.3 is 6.18 Å². The van der Waals surface area contributed by atoms with E-state index < -0.39 is 17.6 Å². The highest BCUT2D eigenvalue weighted by atomic mass is 19.4. The molecule has 0 aromatic heterocycles. The Labute approximate surface area is 119 Å². The van der Waals surface area contributed by atoms with Gasteiger partial charge in [-0.1, -0.05) is 36.4 Å². The summed E-state index contributed by atoms with van der Waals surface area (Å²) in [6.07, 6.45) is -3.49. The smallest absolute Gasteiger partial charge is 0.267 e. The van der Waals surface area contributed by atoms with Crippen LogP contribution in [-0.4, -0.2) is 12.1 Å². The molecule has 0 aliphatic carbocycles. The highest BCUT2D eigenvalue weighted by molar-refractivity contribution is 5.94. The summed E-state index contributed by atoms with van der Waals surface area (Å²) in [7, 11) is 0. The molecule has 0 aliphatic rings. The van der Waals surface area contributed by atoms with E-state index in [-0.39, 0.29) is 5.56 Å². The normalized spacial score (nSPS) is 11.6. The lowest BCUT2D eigenvalue weighted by molar-refractivity contribution is -0.137. The molecule has 0 spiro atoms. The van der Waals surface area contributed by atoms with E-state index >= 15 is 0 Å². The van der Waals surface area contributed by atoms with E-state index in [2.05, 4.69) is 10.5 Å². The Balaban J connectivity index is 2.11. The van der Waals surface area contributed by atoms with Crippen LogP contribution in [0, 0.1) is 0 Å². The van der Waals surface area contributed by atoms with Crippen molar-refractivity contribution in [3.05, 3.63) is 71.3 Å². The number of hydrogen-bond acceptors (Lipinski definition) is 2. The van der Waals surface area contributed by atoms with Gasteiger partial charge in [-0.05, 0) is 18.2 Å². The average Bonchev–Trinajstić information content (AvgIpc) is 2.47. The summed E-state index contributed by atoms with van der Waals surface area (Å²) >= 11 is 0. The lowest BCUT2D eigenvalue weighted by atomic mass is 10.1. The third-order valence-electron chi connectivity index (χ3n) is 2.67. The Hall–Kier alpha value is -2.63. The first kappa shape index (κ1) is 14.8. The van der Waals surface area contributed by atoms with Crippen LogP contribution in [0.5, 0.6) is 0 Å². The Morgan fingerprint density at radius 2 is 1.62 bits per heavy atom. The molecule has 108 valence electrons. The van der Waals surface area contributed by atoms with E-state index in [1.165, 1.54) is 18.2 Å². The molecule has 0 heterocycles. The Kier molecular flexibility index (Phi) is 4.37. The second-order valence-electron chi connectivity index (χ2n) is 4.15. The predicted molar refractivity (Wildman–Crippen MR) is 72.9 cm³/mol. The number of benzene rings is 2. The van der Waals surface area contributed by atoms with Crippen molar-refractivity contribution in [3.8, 4) is 0 Å². The molecule has 6 heteroatoms. The second kappa shape index (κ2) is 6.21. The SMILES string of the molecule is O=C(N/N=C\c1ccccc1C(F)(F)F)c1ccccc1. The van der Waals surface area contributed by atoms with Gasteiger partial charge in [0.2, 0.25) is 0 Å². The van der Waals surface area contributed by atoms with Crippen molar-refractivity contribution < 1.29 is 18.0 Å². The van der Waals surface area contributed by atoms with Gasteiger partial charge in [-0.15, -0.1) is 0 Å². The van der Waals surface area contributed by atoms with Gasteiger partial charge in [0.25, 0.3) is 5.91 Å². The molecule has 0 fully saturated rings. The van der Waals surface area contributed by atoms with Gasteiger partial charge in [-0.3, -0.25) is 4.79 Å². The van der Waals surface area contributed by atoms with Crippen LogP contribution < -0.4 is 5.43 Å². The topological polar surface area (TPSA) is 41.5 Å². The van der Waals surface area contributed by atoms with Crippen LogP contribution >= 0.6 is 0 Å². The van der Waals surface area contributed by atoms with Gasteiger partial charge in [0.15, 0.2) is 0 Å². The zero-order chi connectivity index (χ0) is 15.3. The fraction of sp³-hybridized carbons (Fsp3) is 0.0667. The maximum Gasteiger partial charge on any atom is 0.417 e. The summed E-state index contributed by atoms with van der Waals surface area (Å²) in [6.45, 7) is 0. The lowest BCUT2D eigenvalue weighted by Crippen LogP contribution is -2.18. The number of carbonyl (C=O) groups excluding carboxylic acids is 1. The monoisotopic (exact) mass is 292 g/mol. The molecule has 0 unspecified atom stereocenters. The third kappa shape index (κ3) is 3.92. The van der Waals surface area contributed by atoms with Crippen LogP contribution in [0.25, 0.3) is 0 Å². The number of halogens is 3. The predicted octanol–water partition coefficient (Wildman–Crippen LogP) is 3.47. The minimum Gasteiger partial charge on any atom is -0.267 e. The fourth-order valence-corrected chi connectivity index (χ4v) is 1.68. The summed E-state index contributed by atoms with van der Waals surface area (Å²) in [4.78, 5) is 11.7. The number of hydrogen-bond donors (Lipinski definition) is 1. The van der Waals surface area contributed by atoms with Crippen molar-refractivity contribution in [3.63, 3.8) is 0 Å². The lowest BCUT2D eigenvalue weighted by Gasteiger charge is -2.09. The molecule has 0 atom stereocenters. The summed E-state index contributed by atoms with van der Waals surface area (Å²) in [5, 5.41) is 3.57. The largest absolute Gasteiger partial charge is 0.417 e. The molecule has 3 nitrogen and oxygen atoms in total. The average molecular weight is 292 g/mol. The number of rotatable bonds is 3. The zero-order valence-corrected chi connectivity index (χ0v) is 10.8. The van der Waals surface area contributed by atoms with Crippen molar-refractivity contribution >= 4 is 12.1 Å². The Morgan fingerprint density at radius 1 is 1.00 bits per heavy atom. The number of carbonyl (C=O) groups is 1. The van der Waals surface area contributed by atoms with Crippen LogP contribution in [0.2, 0.25) is 0 Å². The number of alkyl halides is 3. The minimum atomic E-state index is -4.47. The van der Waals surface area contributed by atoms with Crippen molar-refractivity contribution in [1.29, 1.82) is 0 Å². The molecule has 1 N–H and O–H groups in total. The summed E-state index contributed by atoms with van der Waals surface area (Å²) in [6, 6.07) is 13.3. The first-order chi connectivity index (χ1) is 9.98. The summed E-state index contributed by atoms with van der Waals surface area (Å²) in [5.74, 6) is -0.490. The molecule has 0 aliphatic heterocycles. The molecule has 2 aromatic rings. The van der Waals surface area contributed by atoms with Gasteiger partial charge < -0.3 is 0 Å². The van der Waals surface area contributed by atoms with E-state index in [0.717, 1.165) is 12.3 Å². The molecule has 21 heavy (non-hydrogen) atoms. The van der Waals surface area contributed by atoms with Gasteiger partial charge in [-0.2, -0.15) is 18.3 Å². The second-order valence-corrected chi connectivity index (χ2v) is 4.15. The third-order valence-corrected chi connectivity index (χ3v) is 2.67. The number of amides is 1. The molecule has 2 aromatic carbocycles. The van der Waals surface area contributed by atoms with E-state index in [0.29, 0.717) is 5.56 Å². The molecule has 0 radical (unpaired) electrons. The number of hydrazone groups is 1. The molecular formula is C15H11F3N2O. The zero-order valence-electron chi connectivity index (χ0n) is 10.8. The highest BCUT2D eigenvalue weighted by Crippen LogP contribution is 2.30. The fourth-order valence-electron chi connectivity index (χ4n) is 1.68. The van der Waals surface area contributed by atoms with Gasteiger partial charge in [-0.25, -0.2) is 5.43 Å². The minimum absolute atomic E-state index is 0.113. The van der Waals surface area contributed by atoms with E-state index in [9.17, 15) is 18.0 Å². The summed E-state index contributed by atoms with van der Waals surface area (Å²) < 4.78 is 38.3. The van der Waals surface area contributed by atoms with Crippen LogP contribution in [-0.2, 0) is 6.18 Å². The van der Waals surface area contributed by atoms with Gasteiger partial charge in [0.1, 0.15) is 0 Å². The van der Waals surface area contributed by atoms with Crippen LogP contribution in [0.3, 0.4) is 0 Å². The van der Waals surface area contributed by atoms with Crippen LogP contribution in [0.4, 0.5) is 13.2 Å². The molecular weight excluding hydrogens is 281 g/mol. The summed E-state index contributed by atoms with van der Waals surface area (Å²) in [5.41, 5.74) is 1.65. The molecule has 2 rings (SSSR count). The van der Waals surface area contributed by atoms with Crippen molar-refractivity contribution in [1.82, 2.24) is 5.43 Å². The first-order valence-electron chi connectivity index (χ1n) is 6.03. The molecule has 0 saturated carbocycles. The van der Waals surface area contributed by atoms with Crippen LogP contribution in [0.15, 0.2) is 59.7 Å². The highest BCUT2D eigenvalue weighted by Gasteiger charge is 2.32. The first-order valence-corrected chi connectivity index (χ1v) is 6.03. The van der Waals surface area contributed by atoms with Gasteiger partial charge in [0, 0.05) is 11.1 Å². The van der Waals surface area contributed by atoms with Crippen molar-refractivity contribution in [2.45, 2.75) is 6.18 Å². The molecule has 1 amide bonds. The number of nitrogens with zero attached hydrogens (tertiary/aromatic N) is 1. The maximum absolute atomic E-state index is 12.8. The standard InChI is InChI=1S/C15H11F3N2O/c16-15(17,18)13-9-5-4-8-12(13)10-19-20-14(21)11-6-2-1-3-7-11/h1-10H,(H,20,21)/b19-10-. The van der Waals surface area contributed by atoms with E-state index in [1.54, 1.807) is 30.3 Å². The molecule has 0 saturated heterocycles. The van der Waals surface area contributed by atoms with Crippen molar-refractivity contribution in [2.24, 2.45) is 5.10 Å². The number of nitrogens with one attached hydrogen (secondary N) is 1. The van der Waals surface area contributed by atoms with Crippen molar-refractivity contribution in [2.75, 3.05) is 0 Å². The van der Waals surface area contributed by atoms with E-state index in [4.69, 9.17) is 0 Å². The van der Waals surface area contributed by atoms with Crippen LogP contribution in [0.1, 0.15) is 21.5 Å². The van der Waals surface area contributed by atoms with E-state index in [1.807, 2.05) is 0 Å². The maximum atomic E-state index is 12.8. The Morgan fingerprint density at radius 3 is 2.29 bits per heavy atom.